The fourth-order valence-corrected chi connectivity index (χ4v) is 2.46. The number of hydrogen-bond donors (Lipinski definition) is 1. The quantitative estimate of drug-likeness (QED) is 0.486. The maximum atomic E-state index is 11.9. The topological polar surface area (TPSA) is 67.9 Å². The van der Waals surface area contributed by atoms with E-state index in [9.17, 15) is 4.79 Å². The molecule has 0 amide bonds. The third-order valence-electron chi connectivity index (χ3n) is 2.59. The highest BCUT2D eigenvalue weighted by molar-refractivity contribution is 14.1. The number of fused-ring (bicyclic) bond motifs is 1. The second kappa shape index (κ2) is 5.49. The van der Waals surface area contributed by atoms with Gasteiger partial charge >= 0.3 is 12.0 Å². The number of pyridine rings is 1. The van der Waals surface area contributed by atoms with E-state index in [0.29, 0.717) is 16.7 Å². The second-order valence-corrected chi connectivity index (χ2v) is 5.85. The van der Waals surface area contributed by atoms with Gasteiger partial charge in [0, 0.05) is 6.20 Å². The molecule has 0 bridgehead atoms. The molecule has 0 saturated heterocycles. The molecular formula is C13H7BrIN3O2. The van der Waals surface area contributed by atoms with Gasteiger partial charge in [-0.25, -0.2) is 9.78 Å². The van der Waals surface area contributed by atoms with Crippen LogP contribution in [0.4, 0.5) is 0 Å². The summed E-state index contributed by atoms with van der Waals surface area (Å²) in [7, 11) is 0. The fourth-order valence-electron chi connectivity index (χ4n) is 1.65. The Hall–Kier alpha value is -1.48. The van der Waals surface area contributed by atoms with Crippen LogP contribution in [0.3, 0.4) is 0 Å². The van der Waals surface area contributed by atoms with Gasteiger partial charge in [-0.1, -0.05) is 18.2 Å². The number of benzene rings is 1. The smallest absolute Gasteiger partial charge is 0.345 e. The summed E-state index contributed by atoms with van der Waals surface area (Å²) in [6.45, 7) is 0. The van der Waals surface area contributed by atoms with E-state index in [1.54, 1.807) is 30.5 Å². The summed E-state index contributed by atoms with van der Waals surface area (Å²) in [5.74, 6) is -0.460. The van der Waals surface area contributed by atoms with Gasteiger partial charge < -0.3 is 4.74 Å². The molecule has 3 rings (SSSR count). The van der Waals surface area contributed by atoms with Crippen molar-refractivity contribution in [2.24, 2.45) is 0 Å². The molecule has 0 fully saturated rings. The van der Waals surface area contributed by atoms with Gasteiger partial charge in [-0.15, -0.1) is 0 Å². The van der Waals surface area contributed by atoms with Gasteiger partial charge in [-0.2, -0.15) is 4.98 Å². The number of aromatic nitrogens is 3. The van der Waals surface area contributed by atoms with Crippen molar-refractivity contribution < 1.29 is 9.53 Å². The maximum absolute atomic E-state index is 11.9. The van der Waals surface area contributed by atoms with E-state index in [2.05, 4.69) is 53.5 Å². The third kappa shape index (κ3) is 2.55. The Morgan fingerprint density at radius 3 is 2.80 bits per heavy atom. The molecule has 0 radical (unpaired) electrons. The van der Waals surface area contributed by atoms with Crippen LogP contribution in [0.15, 0.2) is 41.0 Å². The number of H-pyrrole nitrogens is 1. The first-order valence-electron chi connectivity index (χ1n) is 5.62. The van der Waals surface area contributed by atoms with Gasteiger partial charge in [0.2, 0.25) is 0 Å². The lowest BCUT2D eigenvalue weighted by atomic mass is 10.2. The number of nitrogens with one attached hydrogen (secondary N) is 1. The minimum absolute atomic E-state index is 0.136. The predicted octanol–water partition coefficient (Wildman–Crippen LogP) is 3.54. The molecule has 0 unspecified atom stereocenters. The molecule has 5 nitrogen and oxygen atoms in total. The van der Waals surface area contributed by atoms with Crippen LogP contribution >= 0.6 is 38.5 Å². The van der Waals surface area contributed by atoms with Crippen molar-refractivity contribution in [1.29, 1.82) is 0 Å². The second-order valence-electron chi connectivity index (χ2n) is 3.91. The van der Waals surface area contributed by atoms with E-state index in [1.807, 2.05) is 6.07 Å². The molecule has 0 aliphatic heterocycles. The van der Waals surface area contributed by atoms with Gasteiger partial charge in [0.1, 0.15) is 5.52 Å². The van der Waals surface area contributed by atoms with Crippen molar-refractivity contribution in [2.45, 2.75) is 0 Å². The van der Waals surface area contributed by atoms with E-state index < -0.39 is 5.97 Å². The molecule has 1 N–H and O–H groups in total. The van der Waals surface area contributed by atoms with Crippen molar-refractivity contribution in [3.63, 3.8) is 0 Å². The molecule has 0 aliphatic carbocycles. The van der Waals surface area contributed by atoms with E-state index in [4.69, 9.17) is 4.74 Å². The van der Waals surface area contributed by atoms with E-state index in [0.717, 1.165) is 8.04 Å². The normalized spacial score (nSPS) is 10.7. The highest BCUT2D eigenvalue weighted by Crippen LogP contribution is 2.26. The molecule has 2 heterocycles. The zero-order valence-electron chi connectivity index (χ0n) is 9.93. The number of rotatable bonds is 2. The molecule has 3 aromatic rings. The summed E-state index contributed by atoms with van der Waals surface area (Å²) in [6.07, 6.45) is 1.67. The number of esters is 1. The zero-order chi connectivity index (χ0) is 14.1. The van der Waals surface area contributed by atoms with Crippen molar-refractivity contribution >= 4 is 55.7 Å². The van der Waals surface area contributed by atoms with Crippen LogP contribution in [0.1, 0.15) is 10.4 Å². The van der Waals surface area contributed by atoms with Crippen LogP contribution in [0.5, 0.6) is 6.01 Å². The number of ether oxygens (including phenoxy) is 1. The number of imidazole rings is 1. The summed E-state index contributed by atoms with van der Waals surface area (Å²) >= 11 is 5.53. The van der Waals surface area contributed by atoms with Gasteiger partial charge in [-0.3, -0.25) is 4.98 Å². The lowest BCUT2D eigenvalue weighted by Gasteiger charge is -1.99. The summed E-state index contributed by atoms with van der Waals surface area (Å²) in [5, 5.41) is 0. The Bertz CT molecular complexity index is 789. The SMILES string of the molecule is O=C(Oc1nc2c(I)c(Br)cnc2[nH]1)c1ccccc1. The predicted molar refractivity (Wildman–Crippen MR) is 85.7 cm³/mol. The monoisotopic (exact) mass is 443 g/mol. The van der Waals surface area contributed by atoms with Gasteiger partial charge in [0.25, 0.3) is 0 Å². The molecule has 2 aromatic heterocycles. The average Bonchev–Trinajstić information content (AvgIpc) is 2.87. The van der Waals surface area contributed by atoms with Crippen LogP contribution in [0.2, 0.25) is 0 Å². The molecule has 1 aromatic carbocycles. The van der Waals surface area contributed by atoms with E-state index in [1.165, 1.54) is 0 Å². The van der Waals surface area contributed by atoms with E-state index >= 15 is 0 Å². The average molecular weight is 444 g/mol. The lowest BCUT2D eigenvalue weighted by molar-refractivity contribution is 0.0721. The van der Waals surface area contributed by atoms with Crippen LogP contribution in [-0.4, -0.2) is 20.9 Å². The van der Waals surface area contributed by atoms with Gasteiger partial charge in [-0.05, 0) is 50.7 Å². The Balaban J connectivity index is 1.92. The Morgan fingerprint density at radius 2 is 2.05 bits per heavy atom. The first kappa shape index (κ1) is 13.5. The van der Waals surface area contributed by atoms with Gasteiger partial charge in [0.15, 0.2) is 5.65 Å². The highest BCUT2D eigenvalue weighted by atomic mass is 127. The lowest BCUT2D eigenvalue weighted by Crippen LogP contribution is -2.08. The first-order chi connectivity index (χ1) is 9.65. The number of halogens is 2. The number of carbonyl (C=O) groups is 1. The third-order valence-corrected chi connectivity index (χ3v) is 5.02. The fraction of sp³-hybridized carbons (Fsp3) is 0. The van der Waals surface area contributed by atoms with Crippen LogP contribution < -0.4 is 4.74 Å². The molecule has 20 heavy (non-hydrogen) atoms. The summed E-state index contributed by atoms with van der Waals surface area (Å²) in [5.41, 5.74) is 1.71. The first-order valence-corrected chi connectivity index (χ1v) is 7.49. The summed E-state index contributed by atoms with van der Waals surface area (Å²) in [4.78, 5) is 23.2. The van der Waals surface area contributed by atoms with Crippen LogP contribution in [0.25, 0.3) is 11.2 Å². The number of aromatic amines is 1. The maximum Gasteiger partial charge on any atom is 0.345 e. The van der Waals surface area contributed by atoms with Gasteiger partial charge in [0.05, 0.1) is 13.6 Å². The van der Waals surface area contributed by atoms with Crippen molar-refractivity contribution in [3.8, 4) is 6.01 Å². The van der Waals surface area contributed by atoms with Crippen molar-refractivity contribution in [2.75, 3.05) is 0 Å². The Kier molecular flexibility index (Phi) is 3.70. The largest absolute Gasteiger partial charge is 0.388 e. The molecular weight excluding hydrogens is 437 g/mol. The van der Waals surface area contributed by atoms with Crippen LogP contribution in [0, 0.1) is 3.57 Å². The standard InChI is InChI=1S/C13H7BrIN3O2/c14-8-6-16-11-10(9(8)15)17-13(18-11)20-12(19)7-4-2-1-3-5-7/h1-6H,(H,16,17,18). The molecule has 100 valence electrons. The number of carbonyl (C=O) groups excluding carboxylic acids is 1. The molecule has 7 heteroatoms. The Labute approximate surface area is 136 Å². The highest BCUT2D eigenvalue weighted by Gasteiger charge is 2.14. The molecule has 0 aliphatic rings. The minimum atomic E-state index is -0.460. The van der Waals surface area contributed by atoms with Crippen molar-refractivity contribution in [3.05, 3.63) is 50.1 Å². The molecule has 0 saturated carbocycles. The van der Waals surface area contributed by atoms with Crippen LogP contribution in [-0.2, 0) is 0 Å². The number of hydrogen-bond acceptors (Lipinski definition) is 4. The van der Waals surface area contributed by atoms with E-state index in [-0.39, 0.29) is 6.01 Å². The minimum Gasteiger partial charge on any atom is -0.388 e. The Morgan fingerprint density at radius 1 is 1.30 bits per heavy atom. The molecule has 0 spiro atoms. The van der Waals surface area contributed by atoms with Crippen molar-refractivity contribution in [1.82, 2.24) is 15.0 Å². The number of nitrogens with zero attached hydrogens (tertiary/aromatic N) is 2. The summed E-state index contributed by atoms with van der Waals surface area (Å²) in [6, 6.07) is 8.89. The summed E-state index contributed by atoms with van der Waals surface area (Å²) < 4.78 is 6.97. The molecule has 0 atom stereocenters. The zero-order valence-corrected chi connectivity index (χ0v) is 13.7.